The average molecular weight is 435 g/mol. The molecular formula is C23H25N5O4. The Morgan fingerprint density at radius 2 is 2.06 bits per heavy atom. The highest BCUT2D eigenvalue weighted by Crippen LogP contribution is 2.40. The van der Waals surface area contributed by atoms with Gasteiger partial charge >= 0.3 is 0 Å². The summed E-state index contributed by atoms with van der Waals surface area (Å²) in [6.45, 7) is 5.00. The molecule has 32 heavy (non-hydrogen) atoms. The van der Waals surface area contributed by atoms with Crippen LogP contribution >= 0.6 is 0 Å². The summed E-state index contributed by atoms with van der Waals surface area (Å²) in [5, 5.41) is 3.60. The number of amides is 1. The molecule has 0 spiro atoms. The second-order valence-corrected chi connectivity index (χ2v) is 7.80. The van der Waals surface area contributed by atoms with Gasteiger partial charge in [0.05, 0.1) is 38.1 Å². The van der Waals surface area contributed by atoms with Gasteiger partial charge in [-0.25, -0.2) is 15.0 Å². The number of pyridine rings is 1. The zero-order chi connectivity index (χ0) is 21.9. The Hall–Kier alpha value is -3.30. The summed E-state index contributed by atoms with van der Waals surface area (Å²) in [7, 11) is 1.61. The van der Waals surface area contributed by atoms with Crippen LogP contribution in [-0.4, -0.2) is 72.3 Å². The number of methoxy groups -OCH3 is 1. The fourth-order valence-corrected chi connectivity index (χ4v) is 4.24. The lowest BCUT2D eigenvalue weighted by atomic mass is 9.95. The maximum Gasteiger partial charge on any atom is 0.239 e. The van der Waals surface area contributed by atoms with Crippen molar-refractivity contribution in [3.63, 3.8) is 0 Å². The first kappa shape index (κ1) is 20.6. The van der Waals surface area contributed by atoms with Crippen molar-refractivity contribution in [3.8, 4) is 11.5 Å². The van der Waals surface area contributed by atoms with Crippen molar-refractivity contribution in [1.29, 1.82) is 0 Å². The van der Waals surface area contributed by atoms with Gasteiger partial charge in [0.15, 0.2) is 11.5 Å². The highest BCUT2D eigenvalue weighted by atomic mass is 16.5. The van der Waals surface area contributed by atoms with E-state index in [1.165, 1.54) is 6.33 Å². The Morgan fingerprint density at radius 1 is 1.19 bits per heavy atom. The minimum atomic E-state index is -0.549. The Kier molecular flexibility index (Phi) is 5.83. The number of carbonyl (C=O) groups is 1. The first-order valence-electron chi connectivity index (χ1n) is 10.8. The van der Waals surface area contributed by atoms with Crippen LogP contribution in [-0.2, 0) is 9.53 Å². The van der Waals surface area contributed by atoms with E-state index in [2.05, 4.69) is 25.2 Å². The molecule has 1 N–H and O–H groups in total. The Balaban J connectivity index is 1.41. The molecule has 1 unspecified atom stereocenters. The number of anilines is 1. The van der Waals surface area contributed by atoms with Crippen molar-refractivity contribution in [1.82, 2.24) is 19.9 Å². The number of nitrogens with one attached hydrogen (secondary N) is 1. The molecule has 4 heterocycles. The van der Waals surface area contributed by atoms with Gasteiger partial charge in [-0.05, 0) is 18.6 Å². The number of carbonyl (C=O) groups excluding carboxylic acids is 1. The molecule has 0 saturated carbocycles. The van der Waals surface area contributed by atoms with Crippen molar-refractivity contribution < 1.29 is 19.0 Å². The van der Waals surface area contributed by atoms with Crippen molar-refractivity contribution in [3.05, 3.63) is 48.0 Å². The smallest absolute Gasteiger partial charge is 0.239 e. The standard InChI is InChI=1S/C23H25N5O4/c1-30-18-13-17-16(12-19(18)32-9-3-6-28-7-10-31-11-8-28)21(26-14-25-17)20-15-4-2-5-24-22(15)27-23(20)29/h2,4-5,12-14,20H,3,6-11H2,1H3,(H,24,27,29). The third kappa shape index (κ3) is 3.96. The van der Waals surface area contributed by atoms with E-state index in [0.717, 1.165) is 50.2 Å². The summed E-state index contributed by atoms with van der Waals surface area (Å²) in [6.07, 6.45) is 4.03. The maximum absolute atomic E-state index is 12.8. The number of hydrogen-bond acceptors (Lipinski definition) is 8. The van der Waals surface area contributed by atoms with Crippen molar-refractivity contribution >= 4 is 22.6 Å². The van der Waals surface area contributed by atoms with E-state index >= 15 is 0 Å². The Labute approximate surface area is 185 Å². The number of aromatic nitrogens is 3. The first-order valence-corrected chi connectivity index (χ1v) is 10.8. The summed E-state index contributed by atoms with van der Waals surface area (Å²) < 4.78 is 17.0. The van der Waals surface area contributed by atoms with E-state index in [4.69, 9.17) is 14.2 Å². The Morgan fingerprint density at radius 3 is 2.91 bits per heavy atom. The fourth-order valence-electron chi connectivity index (χ4n) is 4.24. The third-order valence-electron chi connectivity index (χ3n) is 5.86. The zero-order valence-electron chi connectivity index (χ0n) is 17.9. The van der Waals surface area contributed by atoms with Crippen LogP contribution in [0.2, 0.25) is 0 Å². The molecule has 0 bridgehead atoms. The summed E-state index contributed by atoms with van der Waals surface area (Å²) in [6, 6.07) is 7.42. The van der Waals surface area contributed by atoms with Gasteiger partial charge in [-0.15, -0.1) is 0 Å². The van der Waals surface area contributed by atoms with Crippen LogP contribution in [0.5, 0.6) is 11.5 Å². The van der Waals surface area contributed by atoms with Crippen molar-refractivity contribution in [2.75, 3.05) is 51.9 Å². The molecule has 9 heteroatoms. The van der Waals surface area contributed by atoms with Crippen molar-refractivity contribution in [2.24, 2.45) is 0 Å². The molecule has 1 saturated heterocycles. The van der Waals surface area contributed by atoms with Gasteiger partial charge in [0.1, 0.15) is 18.1 Å². The molecular weight excluding hydrogens is 410 g/mol. The van der Waals surface area contributed by atoms with E-state index in [1.807, 2.05) is 24.3 Å². The molecule has 2 aliphatic heterocycles. The van der Waals surface area contributed by atoms with Crippen LogP contribution in [0.15, 0.2) is 36.8 Å². The second kappa shape index (κ2) is 9.05. The fraction of sp³-hybridized carbons (Fsp3) is 0.391. The van der Waals surface area contributed by atoms with E-state index in [-0.39, 0.29) is 5.91 Å². The summed E-state index contributed by atoms with van der Waals surface area (Å²) >= 11 is 0. The van der Waals surface area contributed by atoms with Crippen LogP contribution in [0.1, 0.15) is 23.6 Å². The summed E-state index contributed by atoms with van der Waals surface area (Å²) in [4.78, 5) is 28.3. The lowest BCUT2D eigenvalue weighted by molar-refractivity contribution is -0.116. The minimum Gasteiger partial charge on any atom is -0.493 e. The SMILES string of the molecule is COc1cc2ncnc(C3C(=O)Nc4ncccc43)c2cc1OCCCN1CCOCC1. The lowest BCUT2D eigenvalue weighted by Gasteiger charge is -2.26. The molecule has 1 fully saturated rings. The third-order valence-corrected chi connectivity index (χ3v) is 5.86. The van der Waals surface area contributed by atoms with Gasteiger partial charge in [0, 0.05) is 42.8 Å². The molecule has 166 valence electrons. The van der Waals surface area contributed by atoms with Crippen LogP contribution in [0.4, 0.5) is 5.82 Å². The number of benzene rings is 1. The number of rotatable bonds is 7. The van der Waals surface area contributed by atoms with Gasteiger partial charge in [0.25, 0.3) is 0 Å². The van der Waals surface area contributed by atoms with E-state index in [1.54, 1.807) is 13.3 Å². The summed E-state index contributed by atoms with van der Waals surface area (Å²) in [5.74, 6) is 1.09. The van der Waals surface area contributed by atoms with Gasteiger partial charge in [-0.3, -0.25) is 9.69 Å². The molecule has 2 aliphatic rings. The van der Waals surface area contributed by atoms with Crippen LogP contribution in [0.25, 0.3) is 10.9 Å². The van der Waals surface area contributed by atoms with E-state index in [9.17, 15) is 4.79 Å². The average Bonchev–Trinajstić information content (AvgIpc) is 3.17. The molecule has 0 aliphatic carbocycles. The van der Waals surface area contributed by atoms with E-state index < -0.39 is 5.92 Å². The Bertz CT molecular complexity index is 1130. The highest BCUT2D eigenvalue weighted by Gasteiger charge is 2.35. The minimum absolute atomic E-state index is 0.150. The normalized spacial score (nSPS) is 18.4. The second-order valence-electron chi connectivity index (χ2n) is 7.80. The lowest BCUT2D eigenvalue weighted by Crippen LogP contribution is -2.37. The van der Waals surface area contributed by atoms with Gasteiger partial charge < -0.3 is 19.5 Å². The number of hydrogen-bond donors (Lipinski definition) is 1. The van der Waals surface area contributed by atoms with Crippen molar-refractivity contribution in [2.45, 2.75) is 12.3 Å². The van der Waals surface area contributed by atoms with Gasteiger partial charge in [0.2, 0.25) is 5.91 Å². The zero-order valence-corrected chi connectivity index (χ0v) is 17.9. The van der Waals surface area contributed by atoms with Crippen LogP contribution in [0.3, 0.4) is 0 Å². The summed E-state index contributed by atoms with van der Waals surface area (Å²) in [5.41, 5.74) is 2.12. The molecule has 2 aromatic heterocycles. The number of nitrogens with zero attached hydrogens (tertiary/aromatic N) is 4. The maximum atomic E-state index is 12.8. The quantitative estimate of drug-likeness (QED) is 0.564. The first-order chi connectivity index (χ1) is 15.7. The van der Waals surface area contributed by atoms with Gasteiger partial charge in [-0.2, -0.15) is 0 Å². The predicted molar refractivity (Wildman–Crippen MR) is 118 cm³/mol. The van der Waals surface area contributed by atoms with Crippen LogP contribution < -0.4 is 14.8 Å². The molecule has 1 atom stereocenters. The number of ether oxygens (including phenoxy) is 3. The molecule has 9 nitrogen and oxygen atoms in total. The number of fused-ring (bicyclic) bond motifs is 2. The predicted octanol–water partition coefficient (Wildman–Crippen LogP) is 2.22. The van der Waals surface area contributed by atoms with E-state index in [0.29, 0.717) is 35.1 Å². The highest BCUT2D eigenvalue weighted by molar-refractivity contribution is 6.05. The molecule has 1 amide bonds. The molecule has 1 aromatic carbocycles. The van der Waals surface area contributed by atoms with Crippen LogP contribution in [0, 0.1) is 0 Å². The number of morpholine rings is 1. The largest absolute Gasteiger partial charge is 0.493 e. The molecule has 0 radical (unpaired) electrons. The molecule has 3 aromatic rings. The van der Waals surface area contributed by atoms with Gasteiger partial charge in [-0.1, -0.05) is 6.07 Å². The monoisotopic (exact) mass is 435 g/mol. The molecule has 5 rings (SSSR count). The topological polar surface area (TPSA) is 98.7 Å².